The smallest absolute Gasteiger partial charge is 0.153 e. The third-order valence-electron chi connectivity index (χ3n) is 2.37. The summed E-state index contributed by atoms with van der Waals surface area (Å²) in [5, 5.41) is 19.2. The molecule has 0 aliphatic carbocycles. The average Bonchev–Trinajstić information content (AvgIpc) is 2.29. The van der Waals surface area contributed by atoms with Gasteiger partial charge < -0.3 is 10.2 Å². The first-order valence-corrected chi connectivity index (χ1v) is 4.79. The van der Waals surface area contributed by atoms with Crippen molar-refractivity contribution >= 4 is 6.29 Å². The van der Waals surface area contributed by atoms with Gasteiger partial charge in [-0.1, -0.05) is 24.3 Å². The Hall–Kier alpha value is -2.29. The molecule has 0 unspecified atom stereocenters. The van der Waals surface area contributed by atoms with Gasteiger partial charge in [-0.05, 0) is 23.8 Å². The fourth-order valence-electron chi connectivity index (χ4n) is 1.53. The Morgan fingerprint density at radius 2 is 1.69 bits per heavy atom. The monoisotopic (exact) mass is 214 g/mol. The molecular formula is C13H10O3. The van der Waals surface area contributed by atoms with E-state index in [1.165, 1.54) is 12.1 Å². The van der Waals surface area contributed by atoms with Crippen molar-refractivity contribution in [2.45, 2.75) is 0 Å². The summed E-state index contributed by atoms with van der Waals surface area (Å²) < 4.78 is 0. The van der Waals surface area contributed by atoms with Gasteiger partial charge in [0.25, 0.3) is 0 Å². The lowest BCUT2D eigenvalue weighted by Gasteiger charge is -2.05. The molecule has 0 fully saturated rings. The summed E-state index contributed by atoms with van der Waals surface area (Å²) in [6, 6.07) is 11.5. The molecule has 0 heterocycles. The second kappa shape index (κ2) is 4.06. The van der Waals surface area contributed by atoms with Crippen LogP contribution < -0.4 is 0 Å². The summed E-state index contributed by atoms with van der Waals surface area (Å²) in [7, 11) is 0. The second-order valence-electron chi connectivity index (χ2n) is 3.41. The van der Waals surface area contributed by atoms with Crippen molar-refractivity contribution in [2.24, 2.45) is 0 Å². The number of benzene rings is 2. The Labute approximate surface area is 92.6 Å². The van der Waals surface area contributed by atoms with Crippen LogP contribution in [-0.4, -0.2) is 16.5 Å². The summed E-state index contributed by atoms with van der Waals surface area (Å²) in [5.41, 5.74) is 1.52. The minimum atomic E-state index is -0.0873. The predicted octanol–water partition coefficient (Wildman–Crippen LogP) is 2.58. The zero-order valence-electron chi connectivity index (χ0n) is 8.42. The van der Waals surface area contributed by atoms with Crippen molar-refractivity contribution in [1.29, 1.82) is 0 Å². The predicted molar refractivity (Wildman–Crippen MR) is 60.6 cm³/mol. The van der Waals surface area contributed by atoms with E-state index in [0.29, 0.717) is 17.4 Å². The van der Waals surface area contributed by atoms with Crippen LogP contribution in [0, 0.1) is 0 Å². The molecule has 0 aliphatic rings. The minimum absolute atomic E-state index is 0.0873. The molecule has 0 spiro atoms. The highest BCUT2D eigenvalue weighted by molar-refractivity contribution is 5.82. The molecule has 2 aromatic rings. The van der Waals surface area contributed by atoms with Crippen LogP contribution in [0.5, 0.6) is 11.5 Å². The fraction of sp³-hybridized carbons (Fsp3) is 0. The third kappa shape index (κ3) is 1.75. The largest absolute Gasteiger partial charge is 0.507 e. The maximum absolute atomic E-state index is 10.5. The van der Waals surface area contributed by atoms with Crippen LogP contribution in [-0.2, 0) is 0 Å². The quantitative estimate of drug-likeness (QED) is 0.755. The molecule has 0 aliphatic heterocycles. The lowest BCUT2D eigenvalue weighted by Crippen LogP contribution is -1.83. The molecule has 0 saturated heterocycles. The van der Waals surface area contributed by atoms with Gasteiger partial charge in [-0.2, -0.15) is 0 Å². The van der Waals surface area contributed by atoms with E-state index in [2.05, 4.69) is 0 Å². The summed E-state index contributed by atoms with van der Waals surface area (Å²) >= 11 is 0. The van der Waals surface area contributed by atoms with Crippen LogP contribution in [0.15, 0.2) is 42.5 Å². The molecule has 0 atom stereocenters. The number of carbonyl (C=O) groups is 1. The minimum Gasteiger partial charge on any atom is -0.507 e. The van der Waals surface area contributed by atoms with E-state index in [4.69, 9.17) is 0 Å². The SMILES string of the molecule is O=Cc1ccc(-c2ccccc2O)cc1O. The standard InChI is InChI=1S/C13H10O3/c14-8-10-6-5-9(7-13(10)16)11-3-1-2-4-12(11)15/h1-8,15-16H. The molecule has 0 aromatic heterocycles. The number of aldehydes is 1. The zero-order chi connectivity index (χ0) is 11.5. The van der Waals surface area contributed by atoms with E-state index >= 15 is 0 Å². The highest BCUT2D eigenvalue weighted by atomic mass is 16.3. The first kappa shape index (κ1) is 10.2. The van der Waals surface area contributed by atoms with Gasteiger partial charge in [0, 0.05) is 5.56 Å². The number of phenolic OH excluding ortho intramolecular Hbond substituents is 2. The van der Waals surface area contributed by atoms with E-state index in [-0.39, 0.29) is 17.1 Å². The van der Waals surface area contributed by atoms with E-state index in [1.807, 2.05) is 0 Å². The zero-order valence-corrected chi connectivity index (χ0v) is 8.42. The Morgan fingerprint density at radius 3 is 2.31 bits per heavy atom. The first-order valence-electron chi connectivity index (χ1n) is 4.79. The van der Waals surface area contributed by atoms with Crippen LogP contribution in [0.2, 0.25) is 0 Å². The van der Waals surface area contributed by atoms with Crippen LogP contribution >= 0.6 is 0 Å². The van der Waals surface area contributed by atoms with Crippen molar-refractivity contribution in [2.75, 3.05) is 0 Å². The van der Waals surface area contributed by atoms with Crippen molar-refractivity contribution < 1.29 is 15.0 Å². The Kier molecular flexibility index (Phi) is 2.60. The van der Waals surface area contributed by atoms with Crippen molar-refractivity contribution in [1.82, 2.24) is 0 Å². The highest BCUT2D eigenvalue weighted by Gasteiger charge is 2.06. The highest BCUT2D eigenvalue weighted by Crippen LogP contribution is 2.31. The Morgan fingerprint density at radius 1 is 0.938 bits per heavy atom. The van der Waals surface area contributed by atoms with Gasteiger partial charge >= 0.3 is 0 Å². The topological polar surface area (TPSA) is 57.5 Å². The lowest BCUT2D eigenvalue weighted by atomic mass is 10.0. The van der Waals surface area contributed by atoms with Gasteiger partial charge in [0.05, 0.1) is 5.56 Å². The first-order chi connectivity index (χ1) is 7.72. The summed E-state index contributed by atoms with van der Waals surface area (Å²) in [4.78, 5) is 10.5. The molecule has 2 rings (SSSR count). The van der Waals surface area contributed by atoms with E-state index < -0.39 is 0 Å². The fourth-order valence-corrected chi connectivity index (χ4v) is 1.53. The molecule has 3 nitrogen and oxygen atoms in total. The van der Waals surface area contributed by atoms with Crippen LogP contribution in [0.25, 0.3) is 11.1 Å². The lowest BCUT2D eigenvalue weighted by molar-refractivity contribution is 0.112. The summed E-state index contributed by atoms with van der Waals surface area (Å²) in [5.74, 6) is 0.0523. The van der Waals surface area contributed by atoms with Crippen LogP contribution in [0.3, 0.4) is 0 Å². The molecule has 0 bridgehead atoms. The molecule has 2 aromatic carbocycles. The maximum atomic E-state index is 10.5. The van der Waals surface area contributed by atoms with Gasteiger partial charge in [0.2, 0.25) is 0 Å². The second-order valence-corrected chi connectivity index (χ2v) is 3.41. The number of phenols is 2. The van der Waals surface area contributed by atoms with Crippen molar-refractivity contribution in [3.8, 4) is 22.6 Å². The molecular weight excluding hydrogens is 204 g/mol. The number of para-hydroxylation sites is 1. The number of hydrogen-bond acceptors (Lipinski definition) is 3. The van der Waals surface area contributed by atoms with Crippen molar-refractivity contribution in [3.63, 3.8) is 0 Å². The maximum Gasteiger partial charge on any atom is 0.153 e. The summed E-state index contributed by atoms with van der Waals surface area (Å²) in [6.07, 6.45) is 0.587. The van der Waals surface area contributed by atoms with Crippen LogP contribution in [0.4, 0.5) is 0 Å². The number of aromatic hydroxyl groups is 2. The summed E-state index contributed by atoms with van der Waals surface area (Å²) in [6.45, 7) is 0. The van der Waals surface area contributed by atoms with E-state index in [1.54, 1.807) is 30.3 Å². The average molecular weight is 214 g/mol. The molecule has 0 radical (unpaired) electrons. The molecule has 80 valence electrons. The molecule has 0 saturated carbocycles. The van der Waals surface area contributed by atoms with E-state index in [0.717, 1.165) is 0 Å². The van der Waals surface area contributed by atoms with Gasteiger partial charge in [0.15, 0.2) is 6.29 Å². The van der Waals surface area contributed by atoms with Gasteiger partial charge in [0.1, 0.15) is 11.5 Å². The Balaban J connectivity index is 2.54. The van der Waals surface area contributed by atoms with Crippen molar-refractivity contribution in [3.05, 3.63) is 48.0 Å². The van der Waals surface area contributed by atoms with Gasteiger partial charge in [-0.25, -0.2) is 0 Å². The molecule has 16 heavy (non-hydrogen) atoms. The third-order valence-corrected chi connectivity index (χ3v) is 2.37. The molecule has 0 amide bonds. The van der Waals surface area contributed by atoms with Gasteiger partial charge in [-0.3, -0.25) is 4.79 Å². The normalized spacial score (nSPS) is 10.0. The van der Waals surface area contributed by atoms with E-state index in [9.17, 15) is 15.0 Å². The van der Waals surface area contributed by atoms with Gasteiger partial charge in [-0.15, -0.1) is 0 Å². The van der Waals surface area contributed by atoms with Crippen LogP contribution in [0.1, 0.15) is 10.4 Å². The number of carbonyl (C=O) groups excluding carboxylic acids is 1. The number of rotatable bonds is 2. The molecule has 3 heteroatoms. The Bertz CT molecular complexity index is 532. The number of hydrogen-bond donors (Lipinski definition) is 2. The molecule has 2 N–H and O–H groups in total.